The molecule has 1 heterocycles. The molecule has 1 aliphatic carbocycles. The molecule has 1 fully saturated rings. The quantitative estimate of drug-likeness (QED) is 0.772. The number of benzene rings is 2. The van der Waals surface area contributed by atoms with Crippen molar-refractivity contribution in [1.82, 2.24) is 4.90 Å². The second kappa shape index (κ2) is 8.31. The molecule has 1 saturated heterocycles. The molecule has 0 saturated carbocycles. The van der Waals surface area contributed by atoms with Crippen LogP contribution in [-0.2, 0) is 11.2 Å². The van der Waals surface area contributed by atoms with E-state index in [1.807, 2.05) is 28.0 Å². The third kappa shape index (κ3) is 3.88. The molecule has 4 rings (SSSR count). The average molecular weight is 398 g/mol. The highest BCUT2D eigenvalue weighted by molar-refractivity contribution is 5.78. The zero-order valence-electron chi connectivity index (χ0n) is 17.0. The van der Waals surface area contributed by atoms with Crippen LogP contribution in [0.2, 0.25) is 0 Å². The third-order valence-electron chi connectivity index (χ3n) is 6.09. The van der Waals surface area contributed by atoms with Crippen molar-refractivity contribution in [3.05, 3.63) is 53.3 Å². The number of piperazine rings is 1. The SMILES string of the molecule is COc1cc2c(cc1OC)C(CC(=O)N1CCN(c3ccccc3F)CC1)CC2. The first kappa shape index (κ1) is 19.6. The van der Waals surface area contributed by atoms with Crippen LogP contribution < -0.4 is 14.4 Å². The van der Waals surface area contributed by atoms with Gasteiger partial charge in [-0.3, -0.25) is 4.79 Å². The Kier molecular flexibility index (Phi) is 5.60. The van der Waals surface area contributed by atoms with Crippen LogP contribution in [0.1, 0.15) is 29.9 Å². The predicted octanol–water partition coefficient (Wildman–Crippen LogP) is 3.61. The molecule has 29 heavy (non-hydrogen) atoms. The number of hydrogen-bond acceptors (Lipinski definition) is 4. The first-order valence-corrected chi connectivity index (χ1v) is 10.1. The number of nitrogens with zero attached hydrogens (tertiary/aromatic N) is 2. The van der Waals surface area contributed by atoms with E-state index in [0.29, 0.717) is 44.0 Å². The summed E-state index contributed by atoms with van der Waals surface area (Å²) in [4.78, 5) is 16.9. The Hall–Kier alpha value is -2.76. The molecular formula is C23H27FN2O3. The molecule has 5 nitrogen and oxygen atoms in total. The van der Waals surface area contributed by atoms with Crippen molar-refractivity contribution in [2.75, 3.05) is 45.3 Å². The van der Waals surface area contributed by atoms with Gasteiger partial charge in [0.2, 0.25) is 5.91 Å². The van der Waals surface area contributed by atoms with E-state index in [1.54, 1.807) is 26.4 Å². The van der Waals surface area contributed by atoms with Crippen LogP contribution in [0.15, 0.2) is 36.4 Å². The first-order valence-electron chi connectivity index (χ1n) is 10.1. The molecule has 1 atom stereocenters. The number of methoxy groups -OCH3 is 2. The van der Waals surface area contributed by atoms with Crippen LogP contribution >= 0.6 is 0 Å². The number of hydrogen-bond donors (Lipinski definition) is 0. The Morgan fingerprint density at radius 2 is 1.76 bits per heavy atom. The summed E-state index contributed by atoms with van der Waals surface area (Å²) in [5.41, 5.74) is 3.05. The van der Waals surface area contributed by atoms with Crippen molar-refractivity contribution in [2.24, 2.45) is 0 Å². The average Bonchev–Trinajstić information content (AvgIpc) is 3.14. The van der Waals surface area contributed by atoms with Crippen molar-refractivity contribution in [3.63, 3.8) is 0 Å². The van der Waals surface area contributed by atoms with E-state index < -0.39 is 0 Å². The van der Waals surface area contributed by atoms with Crippen LogP contribution in [0.3, 0.4) is 0 Å². The molecule has 154 valence electrons. The highest BCUT2D eigenvalue weighted by atomic mass is 19.1. The van der Waals surface area contributed by atoms with Crippen LogP contribution in [0.4, 0.5) is 10.1 Å². The Bertz CT molecular complexity index is 894. The second-order valence-electron chi connectivity index (χ2n) is 7.66. The van der Waals surface area contributed by atoms with Crippen molar-refractivity contribution < 1.29 is 18.7 Å². The number of rotatable bonds is 5. The van der Waals surface area contributed by atoms with Crippen molar-refractivity contribution in [3.8, 4) is 11.5 Å². The van der Waals surface area contributed by atoms with E-state index in [0.717, 1.165) is 18.6 Å². The minimum Gasteiger partial charge on any atom is -0.493 e. The summed E-state index contributed by atoms with van der Waals surface area (Å²) in [6.45, 7) is 2.55. The Labute approximate surface area is 171 Å². The maximum Gasteiger partial charge on any atom is 0.223 e. The molecule has 6 heteroatoms. The van der Waals surface area contributed by atoms with Crippen LogP contribution in [0.5, 0.6) is 11.5 Å². The maximum absolute atomic E-state index is 14.0. The lowest BCUT2D eigenvalue weighted by Gasteiger charge is -2.36. The summed E-state index contributed by atoms with van der Waals surface area (Å²) in [6, 6.07) is 10.9. The fourth-order valence-electron chi connectivity index (χ4n) is 4.48. The molecule has 0 N–H and O–H groups in total. The van der Waals surface area contributed by atoms with Gasteiger partial charge in [-0.25, -0.2) is 4.39 Å². The monoisotopic (exact) mass is 398 g/mol. The number of aryl methyl sites for hydroxylation is 1. The Balaban J connectivity index is 1.39. The smallest absolute Gasteiger partial charge is 0.223 e. The first-order chi connectivity index (χ1) is 14.1. The van der Waals surface area contributed by atoms with Gasteiger partial charge in [-0.05, 0) is 54.2 Å². The number of anilines is 1. The summed E-state index contributed by atoms with van der Waals surface area (Å²) in [5.74, 6) is 1.62. The van der Waals surface area contributed by atoms with Gasteiger partial charge in [-0.2, -0.15) is 0 Å². The molecule has 2 aliphatic rings. The maximum atomic E-state index is 14.0. The molecule has 2 aromatic rings. The van der Waals surface area contributed by atoms with Crippen LogP contribution in [-0.4, -0.2) is 51.2 Å². The van der Waals surface area contributed by atoms with Gasteiger partial charge in [0, 0.05) is 32.6 Å². The summed E-state index contributed by atoms with van der Waals surface area (Å²) in [5, 5.41) is 0. The van der Waals surface area contributed by atoms with Crippen LogP contribution in [0, 0.1) is 5.82 Å². The molecule has 1 aliphatic heterocycles. The largest absolute Gasteiger partial charge is 0.493 e. The lowest BCUT2D eigenvalue weighted by atomic mass is 9.96. The Morgan fingerprint density at radius 3 is 2.45 bits per heavy atom. The number of amides is 1. The lowest BCUT2D eigenvalue weighted by molar-refractivity contribution is -0.131. The molecule has 2 aromatic carbocycles. The van der Waals surface area contributed by atoms with Gasteiger partial charge in [0.05, 0.1) is 19.9 Å². The number of halogens is 1. The van der Waals surface area contributed by atoms with Crippen molar-refractivity contribution >= 4 is 11.6 Å². The van der Waals surface area contributed by atoms with Gasteiger partial charge < -0.3 is 19.3 Å². The summed E-state index contributed by atoms with van der Waals surface area (Å²) < 4.78 is 24.9. The zero-order valence-corrected chi connectivity index (χ0v) is 17.0. The predicted molar refractivity (Wildman–Crippen MR) is 110 cm³/mol. The minimum atomic E-state index is -0.209. The molecule has 1 amide bonds. The van der Waals surface area contributed by atoms with Crippen LogP contribution in [0.25, 0.3) is 0 Å². The van der Waals surface area contributed by atoms with Gasteiger partial charge in [0.1, 0.15) is 5.82 Å². The van der Waals surface area contributed by atoms with E-state index in [2.05, 4.69) is 0 Å². The molecule has 1 unspecified atom stereocenters. The van der Waals surface area contributed by atoms with Crippen molar-refractivity contribution in [1.29, 1.82) is 0 Å². The van der Waals surface area contributed by atoms with Gasteiger partial charge in [-0.1, -0.05) is 12.1 Å². The Morgan fingerprint density at radius 1 is 1.07 bits per heavy atom. The van der Waals surface area contributed by atoms with Gasteiger partial charge in [0.15, 0.2) is 11.5 Å². The van der Waals surface area contributed by atoms with E-state index >= 15 is 0 Å². The summed E-state index contributed by atoms with van der Waals surface area (Å²) in [6.07, 6.45) is 2.42. The second-order valence-corrected chi connectivity index (χ2v) is 7.66. The summed E-state index contributed by atoms with van der Waals surface area (Å²) in [7, 11) is 3.27. The number of ether oxygens (including phenoxy) is 2. The fourth-order valence-corrected chi connectivity index (χ4v) is 4.48. The highest BCUT2D eigenvalue weighted by Gasteiger charge is 2.30. The van der Waals surface area contributed by atoms with E-state index in [9.17, 15) is 9.18 Å². The zero-order chi connectivity index (χ0) is 20.4. The topological polar surface area (TPSA) is 42.0 Å². The number of carbonyl (C=O) groups is 1. The van der Waals surface area contributed by atoms with Gasteiger partial charge in [-0.15, -0.1) is 0 Å². The lowest BCUT2D eigenvalue weighted by Crippen LogP contribution is -2.49. The highest BCUT2D eigenvalue weighted by Crippen LogP contribution is 2.42. The van der Waals surface area contributed by atoms with E-state index in [-0.39, 0.29) is 17.6 Å². The fraction of sp³-hybridized carbons (Fsp3) is 0.435. The molecular weight excluding hydrogens is 371 g/mol. The van der Waals surface area contributed by atoms with Crippen molar-refractivity contribution in [2.45, 2.75) is 25.2 Å². The molecule has 0 aromatic heterocycles. The normalized spacial score (nSPS) is 18.5. The van der Waals surface area contributed by atoms with Gasteiger partial charge >= 0.3 is 0 Å². The summed E-state index contributed by atoms with van der Waals surface area (Å²) >= 11 is 0. The standard InChI is InChI=1S/C23H27FN2O3/c1-28-21-13-16-7-8-17(18(16)15-22(21)29-2)14-23(27)26-11-9-25(10-12-26)20-6-4-3-5-19(20)24/h3-6,13,15,17H,7-12,14H2,1-2H3. The number of fused-ring (bicyclic) bond motifs is 1. The number of para-hydroxylation sites is 1. The minimum absolute atomic E-state index is 0.172. The molecule has 0 spiro atoms. The van der Waals surface area contributed by atoms with E-state index in [4.69, 9.17) is 9.47 Å². The van der Waals surface area contributed by atoms with Gasteiger partial charge in [0.25, 0.3) is 0 Å². The molecule has 0 radical (unpaired) electrons. The third-order valence-corrected chi connectivity index (χ3v) is 6.09. The van der Waals surface area contributed by atoms with E-state index in [1.165, 1.54) is 17.2 Å². The molecule has 0 bridgehead atoms. The number of carbonyl (C=O) groups excluding carboxylic acids is 1.